The highest BCUT2D eigenvalue weighted by Gasteiger charge is 2.27. The minimum Gasteiger partial charge on any atom is -0.481 e. The summed E-state index contributed by atoms with van der Waals surface area (Å²) in [4.78, 5) is 10.9. The predicted octanol–water partition coefficient (Wildman–Crippen LogP) is 2.75. The van der Waals surface area contributed by atoms with Gasteiger partial charge in [-0.2, -0.15) is 11.8 Å². The molecule has 2 N–H and O–H groups in total. The monoisotopic (exact) mass is 271 g/mol. The number of carbonyl (C=O) groups is 1. The Hall–Kier alpha value is -0.220. The fourth-order valence-corrected chi connectivity index (χ4v) is 4.29. The van der Waals surface area contributed by atoms with Gasteiger partial charge in [0, 0.05) is 11.3 Å². The average molecular weight is 271 g/mol. The molecule has 2 rings (SSSR count). The number of nitrogens with one attached hydrogen (secondary N) is 1. The van der Waals surface area contributed by atoms with Crippen molar-refractivity contribution in [3.8, 4) is 0 Å². The van der Waals surface area contributed by atoms with Crippen LogP contribution in [0.2, 0.25) is 0 Å². The number of hydrogen-bond donors (Lipinski definition) is 2. The molecule has 0 bridgehead atoms. The van der Waals surface area contributed by atoms with Crippen LogP contribution in [0.5, 0.6) is 0 Å². The molecule has 0 radical (unpaired) electrons. The zero-order chi connectivity index (χ0) is 13.0. The van der Waals surface area contributed by atoms with Crippen LogP contribution in [-0.4, -0.2) is 34.7 Å². The van der Waals surface area contributed by atoms with Gasteiger partial charge in [0.05, 0.1) is 5.92 Å². The second kappa shape index (κ2) is 6.80. The second-order valence-corrected chi connectivity index (χ2v) is 7.27. The molecule has 1 saturated carbocycles. The van der Waals surface area contributed by atoms with Crippen molar-refractivity contribution in [2.75, 3.05) is 12.3 Å². The topological polar surface area (TPSA) is 49.3 Å². The molecule has 4 heteroatoms. The van der Waals surface area contributed by atoms with Crippen LogP contribution in [-0.2, 0) is 4.79 Å². The van der Waals surface area contributed by atoms with Gasteiger partial charge in [-0.25, -0.2) is 0 Å². The molecule has 104 valence electrons. The summed E-state index contributed by atoms with van der Waals surface area (Å²) in [6, 6.07) is 0.668. The van der Waals surface area contributed by atoms with Crippen molar-refractivity contribution in [1.29, 1.82) is 0 Å². The Morgan fingerprint density at radius 3 is 2.61 bits per heavy atom. The van der Waals surface area contributed by atoms with Gasteiger partial charge >= 0.3 is 5.97 Å². The summed E-state index contributed by atoms with van der Waals surface area (Å²) in [6.07, 6.45) is 6.54. The zero-order valence-corrected chi connectivity index (χ0v) is 12.0. The third kappa shape index (κ3) is 3.89. The van der Waals surface area contributed by atoms with Gasteiger partial charge in [0.1, 0.15) is 0 Å². The van der Waals surface area contributed by atoms with E-state index in [0.29, 0.717) is 12.0 Å². The molecular formula is C14H25NO2S. The summed E-state index contributed by atoms with van der Waals surface area (Å²) in [5, 5.41) is 13.4. The fraction of sp³-hybridized carbons (Fsp3) is 0.929. The van der Waals surface area contributed by atoms with Crippen molar-refractivity contribution in [2.45, 2.75) is 56.7 Å². The number of rotatable bonds is 4. The van der Waals surface area contributed by atoms with Gasteiger partial charge in [-0.1, -0.05) is 6.92 Å². The molecule has 3 nitrogen and oxygen atoms in total. The van der Waals surface area contributed by atoms with Crippen LogP contribution in [0.15, 0.2) is 0 Å². The van der Waals surface area contributed by atoms with E-state index in [9.17, 15) is 4.79 Å². The maximum atomic E-state index is 10.9. The minimum absolute atomic E-state index is 0.0783. The Morgan fingerprint density at radius 1 is 1.28 bits per heavy atom. The molecule has 0 aromatic rings. The van der Waals surface area contributed by atoms with E-state index in [4.69, 9.17) is 5.11 Å². The van der Waals surface area contributed by atoms with E-state index < -0.39 is 5.97 Å². The number of thioether (sulfide) groups is 1. The van der Waals surface area contributed by atoms with Gasteiger partial charge in [0.2, 0.25) is 0 Å². The summed E-state index contributed by atoms with van der Waals surface area (Å²) < 4.78 is 0. The third-order valence-electron chi connectivity index (χ3n) is 4.47. The van der Waals surface area contributed by atoms with Crippen LogP contribution in [0.4, 0.5) is 0 Å². The van der Waals surface area contributed by atoms with Crippen LogP contribution in [0.25, 0.3) is 0 Å². The van der Waals surface area contributed by atoms with Crippen LogP contribution in [0.3, 0.4) is 0 Å². The molecule has 0 spiro atoms. The predicted molar refractivity (Wildman–Crippen MR) is 76.0 cm³/mol. The first-order chi connectivity index (χ1) is 8.66. The molecule has 2 atom stereocenters. The number of aliphatic carboxylic acids is 1. The normalized spacial score (nSPS) is 37.4. The van der Waals surface area contributed by atoms with Gasteiger partial charge in [-0.05, 0) is 56.7 Å². The van der Waals surface area contributed by atoms with Crippen LogP contribution < -0.4 is 5.32 Å². The lowest BCUT2D eigenvalue weighted by Gasteiger charge is -2.32. The molecule has 2 unspecified atom stereocenters. The van der Waals surface area contributed by atoms with E-state index in [-0.39, 0.29) is 5.92 Å². The van der Waals surface area contributed by atoms with Crippen molar-refractivity contribution < 1.29 is 9.90 Å². The number of carboxylic acids is 1. The fourth-order valence-electron chi connectivity index (χ4n) is 3.12. The van der Waals surface area contributed by atoms with Gasteiger partial charge in [-0.3, -0.25) is 4.79 Å². The molecule has 1 saturated heterocycles. The summed E-state index contributed by atoms with van der Waals surface area (Å²) in [5.41, 5.74) is 0. The molecule has 0 aromatic carbocycles. The first kappa shape index (κ1) is 14.2. The molecule has 18 heavy (non-hydrogen) atoms. The van der Waals surface area contributed by atoms with Gasteiger partial charge < -0.3 is 10.4 Å². The standard InChI is InChI=1S/C14H25NO2S/c1-10-13(3-2-8-18-10)15-9-11-4-6-12(7-5-11)14(16)17/h10-13,15H,2-9H2,1H3,(H,16,17). The Morgan fingerprint density at radius 2 is 2.00 bits per heavy atom. The molecular weight excluding hydrogens is 246 g/mol. The van der Waals surface area contributed by atoms with E-state index >= 15 is 0 Å². The third-order valence-corrected chi connectivity index (χ3v) is 5.85. The molecule has 1 aliphatic heterocycles. The quantitative estimate of drug-likeness (QED) is 0.825. The van der Waals surface area contributed by atoms with Gasteiger partial charge in [-0.15, -0.1) is 0 Å². The Bertz CT molecular complexity index is 277. The molecule has 2 aliphatic rings. The summed E-state index contributed by atoms with van der Waals surface area (Å²) in [5.74, 6) is 1.33. The van der Waals surface area contributed by atoms with E-state index in [1.807, 2.05) is 0 Å². The second-order valence-electron chi connectivity index (χ2n) is 5.79. The van der Waals surface area contributed by atoms with Gasteiger partial charge in [0.15, 0.2) is 0 Å². The van der Waals surface area contributed by atoms with Crippen LogP contribution in [0, 0.1) is 11.8 Å². The lowest BCUT2D eigenvalue weighted by molar-refractivity contribution is -0.143. The lowest BCUT2D eigenvalue weighted by atomic mass is 9.82. The zero-order valence-electron chi connectivity index (χ0n) is 11.2. The molecule has 0 aromatic heterocycles. The summed E-state index contributed by atoms with van der Waals surface area (Å²) in [7, 11) is 0. The highest BCUT2D eigenvalue weighted by atomic mass is 32.2. The van der Waals surface area contributed by atoms with Crippen LogP contribution in [0.1, 0.15) is 45.4 Å². The SMILES string of the molecule is CC1SCCCC1NCC1CCC(C(=O)O)CC1. The lowest BCUT2D eigenvalue weighted by Crippen LogP contribution is -2.42. The van der Waals surface area contributed by atoms with Gasteiger partial charge in [0.25, 0.3) is 0 Å². The number of hydrogen-bond acceptors (Lipinski definition) is 3. The Kier molecular flexibility index (Phi) is 5.37. The van der Waals surface area contributed by atoms with Crippen LogP contribution >= 0.6 is 11.8 Å². The first-order valence-electron chi connectivity index (χ1n) is 7.24. The maximum absolute atomic E-state index is 10.9. The van der Waals surface area contributed by atoms with Crippen molar-refractivity contribution in [1.82, 2.24) is 5.32 Å². The van der Waals surface area contributed by atoms with Crippen molar-refractivity contribution in [3.63, 3.8) is 0 Å². The van der Waals surface area contributed by atoms with Crippen molar-refractivity contribution in [2.24, 2.45) is 11.8 Å². The average Bonchev–Trinajstić information content (AvgIpc) is 2.38. The first-order valence-corrected chi connectivity index (χ1v) is 8.29. The molecule has 1 aliphatic carbocycles. The largest absolute Gasteiger partial charge is 0.481 e. The highest BCUT2D eigenvalue weighted by molar-refractivity contribution is 7.99. The molecule has 1 heterocycles. The minimum atomic E-state index is -0.598. The maximum Gasteiger partial charge on any atom is 0.306 e. The van der Waals surface area contributed by atoms with E-state index in [0.717, 1.165) is 37.5 Å². The summed E-state index contributed by atoms with van der Waals surface area (Å²) in [6.45, 7) is 3.41. The number of carboxylic acid groups (broad SMARTS) is 1. The van der Waals surface area contributed by atoms with E-state index in [2.05, 4.69) is 24.0 Å². The van der Waals surface area contributed by atoms with Crippen molar-refractivity contribution >= 4 is 17.7 Å². The highest BCUT2D eigenvalue weighted by Crippen LogP contribution is 2.30. The summed E-state index contributed by atoms with van der Waals surface area (Å²) >= 11 is 2.08. The molecule has 0 amide bonds. The van der Waals surface area contributed by atoms with E-state index in [1.165, 1.54) is 18.6 Å². The Labute approximate surface area is 114 Å². The van der Waals surface area contributed by atoms with E-state index in [1.54, 1.807) is 0 Å². The van der Waals surface area contributed by atoms with Crippen molar-refractivity contribution in [3.05, 3.63) is 0 Å². The molecule has 2 fully saturated rings. The Balaban J connectivity index is 1.67. The smallest absolute Gasteiger partial charge is 0.306 e.